The highest BCUT2D eigenvalue weighted by atomic mass is 32.1. The maximum absolute atomic E-state index is 12.9. The van der Waals surface area contributed by atoms with E-state index in [4.69, 9.17) is 9.47 Å². The third kappa shape index (κ3) is 9.17. The molecule has 2 amide bonds. The van der Waals surface area contributed by atoms with Gasteiger partial charge in [-0.2, -0.15) is 22.7 Å². The molecule has 0 aliphatic heterocycles. The Morgan fingerprint density at radius 3 is 2.17 bits per heavy atom. The average molecular weight is 453 g/mol. The van der Waals surface area contributed by atoms with Crippen molar-refractivity contribution < 1.29 is 19.1 Å². The third-order valence-electron chi connectivity index (χ3n) is 4.20. The van der Waals surface area contributed by atoms with Crippen LogP contribution in [0.15, 0.2) is 33.7 Å². The van der Waals surface area contributed by atoms with Gasteiger partial charge in [0.25, 0.3) is 0 Å². The Kier molecular flexibility index (Phi) is 9.65. The molecule has 0 aliphatic rings. The summed E-state index contributed by atoms with van der Waals surface area (Å²) in [6, 6.07) is 3.73. The minimum atomic E-state index is -0.575. The van der Waals surface area contributed by atoms with Crippen LogP contribution in [0.5, 0.6) is 0 Å². The number of amides is 2. The molecule has 2 aromatic heterocycles. The van der Waals surface area contributed by atoms with E-state index in [0.29, 0.717) is 13.1 Å². The second-order valence-electron chi connectivity index (χ2n) is 8.18. The summed E-state index contributed by atoms with van der Waals surface area (Å²) in [6.45, 7) is 8.62. The van der Waals surface area contributed by atoms with Gasteiger partial charge in [-0.05, 0) is 72.0 Å². The molecule has 166 valence electrons. The number of carbonyl (C=O) groups excluding carboxylic acids is 2. The number of carbonyl (C=O) groups is 2. The number of nitrogens with one attached hydrogen (secondary N) is 1. The van der Waals surface area contributed by atoms with Gasteiger partial charge < -0.3 is 14.8 Å². The minimum Gasteiger partial charge on any atom is -0.447 e. The summed E-state index contributed by atoms with van der Waals surface area (Å²) in [5.74, 6) is 0. The molecule has 2 heterocycles. The highest BCUT2D eigenvalue weighted by Crippen LogP contribution is 2.16. The van der Waals surface area contributed by atoms with Crippen molar-refractivity contribution in [3.63, 3.8) is 0 Å². The third-order valence-corrected chi connectivity index (χ3v) is 5.66. The first-order valence-electron chi connectivity index (χ1n) is 10.2. The smallest absolute Gasteiger partial charge is 0.410 e. The van der Waals surface area contributed by atoms with Gasteiger partial charge in [0.1, 0.15) is 12.2 Å². The maximum atomic E-state index is 12.9. The number of nitrogens with zero attached hydrogens (tertiary/aromatic N) is 1. The fourth-order valence-electron chi connectivity index (χ4n) is 2.78. The molecule has 0 saturated heterocycles. The molecule has 6 nitrogen and oxygen atoms in total. The first-order chi connectivity index (χ1) is 14.3. The van der Waals surface area contributed by atoms with Gasteiger partial charge in [0.2, 0.25) is 0 Å². The highest BCUT2D eigenvalue weighted by Gasteiger charge is 2.22. The monoisotopic (exact) mass is 452 g/mol. The number of alkyl carbamates (subject to hydrolysis) is 1. The van der Waals surface area contributed by atoms with Crippen LogP contribution in [0.2, 0.25) is 0 Å². The van der Waals surface area contributed by atoms with E-state index in [1.165, 1.54) is 0 Å². The summed E-state index contributed by atoms with van der Waals surface area (Å²) in [5, 5.41) is 10.9. The van der Waals surface area contributed by atoms with E-state index >= 15 is 0 Å². The van der Waals surface area contributed by atoms with E-state index in [-0.39, 0.29) is 18.7 Å². The summed E-state index contributed by atoms with van der Waals surface area (Å²) in [5.41, 5.74) is 1.57. The van der Waals surface area contributed by atoms with Crippen LogP contribution >= 0.6 is 22.7 Å². The molecule has 1 unspecified atom stereocenters. The van der Waals surface area contributed by atoms with E-state index in [0.717, 1.165) is 30.4 Å². The molecule has 1 N–H and O–H groups in total. The predicted octanol–water partition coefficient (Wildman–Crippen LogP) is 6.03. The molecular formula is C22H32N2O4S2. The summed E-state index contributed by atoms with van der Waals surface area (Å²) in [7, 11) is 0. The van der Waals surface area contributed by atoms with Crippen LogP contribution < -0.4 is 5.32 Å². The summed E-state index contributed by atoms with van der Waals surface area (Å²) >= 11 is 3.20. The summed E-state index contributed by atoms with van der Waals surface area (Å²) in [4.78, 5) is 26.7. The van der Waals surface area contributed by atoms with Crippen LogP contribution in [0.4, 0.5) is 9.59 Å². The summed E-state index contributed by atoms with van der Waals surface area (Å²) in [6.07, 6.45) is 1.75. The zero-order chi connectivity index (χ0) is 22.0. The lowest BCUT2D eigenvalue weighted by Crippen LogP contribution is -2.43. The normalized spacial score (nSPS) is 12.3. The Morgan fingerprint density at radius 2 is 1.70 bits per heavy atom. The zero-order valence-corrected chi connectivity index (χ0v) is 19.8. The Labute approximate surface area is 187 Å². The topological polar surface area (TPSA) is 67.9 Å². The predicted molar refractivity (Wildman–Crippen MR) is 122 cm³/mol. The van der Waals surface area contributed by atoms with Crippen molar-refractivity contribution in [2.45, 2.75) is 71.7 Å². The zero-order valence-electron chi connectivity index (χ0n) is 18.2. The van der Waals surface area contributed by atoms with E-state index in [2.05, 4.69) is 12.2 Å². The molecular weight excluding hydrogens is 420 g/mol. The van der Waals surface area contributed by atoms with Crippen molar-refractivity contribution in [1.82, 2.24) is 10.2 Å². The lowest BCUT2D eigenvalue weighted by molar-refractivity contribution is 0.0442. The molecule has 2 rings (SSSR count). The van der Waals surface area contributed by atoms with Gasteiger partial charge in [-0.25, -0.2) is 9.59 Å². The van der Waals surface area contributed by atoms with Crippen LogP contribution in [-0.2, 0) is 22.6 Å². The van der Waals surface area contributed by atoms with Crippen molar-refractivity contribution in [2.24, 2.45) is 0 Å². The van der Waals surface area contributed by atoms with Gasteiger partial charge in [-0.1, -0.05) is 19.8 Å². The van der Waals surface area contributed by atoms with Crippen LogP contribution in [-0.4, -0.2) is 35.3 Å². The Morgan fingerprint density at radius 1 is 1.10 bits per heavy atom. The molecule has 0 fully saturated rings. The van der Waals surface area contributed by atoms with Gasteiger partial charge in [0.15, 0.2) is 0 Å². The van der Waals surface area contributed by atoms with Crippen molar-refractivity contribution in [3.05, 3.63) is 44.8 Å². The number of rotatable bonds is 10. The van der Waals surface area contributed by atoms with Crippen molar-refractivity contribution in [2.75, 3.05) is 6.61 Å². The minimum absolute atomic E-state index is 0.113. The maximum Gasteiger partial charge on any atom is 0.410 e. The van der Waals surface area contributed by atoms with Gasteiger partial charge in [0, 0.05) is 0 Å². The highest BCUT2D eigenvalue weighted by molar-refractivity contribution is 7.08. The lowest BCUT2D eigenvalue weighted by atomic mass is 10.1. The van der Waals surface area contributed by atoms with Crippen LogP contribution in [0, 0.1) is 0 Å². The summed E-state index contributed by atoms with van der Waals surface area (Å²) < 4.78 is 11.0. The Balaban J connectivity index is 1.97. The van der Waals surface area contributed by atoms with Crippen LogP contribution in [0.3, 0.4) is 0 Å². The molecule has 1 atom stereocenters. The first-order valence-corrected chi connectivity index (χ1v) is 12.1. The largest absolute Gasteiger partial charge is 0.447 e. The number of unbranched alkanes of at least 4 members (excludes halogenated alkanes) is 1. The number of thiophene rings is 2. The van der Waals surface area contributed by atoms with Gasteiger partial charge in [-0.3, -0.25) is 4.90 Å². The van der Waals surface area contributed by atoms with Crippen molar-refractivity contribution in [3.8, 4) is 0 Å². The van der Waals surface area contributed by atoms with Gasteiger partial charge in [-0.15, -0.1) is 0 Å². The molecule has 2 aromatic rings. The fraction of sp³-hybridized carbons (Fsp3) is 0.545. The van der Waals surface area contributed by atoms with Gasteiger partial charge >= 0.3 is 12.2 Å². The van der Waals surface area contributed by atoms with Gasteiger partial charge in [0.05, 0.1) is 19.1 Å². The molecule has 0 radical (unpaired) electrons. The molecule has 0 spiro atoms. The quantitative estimate of drug-likeness (QED) is 0.478. The lowest BCUT2D eigenvalue weighted by Gasteiger charge is -2.25. The van der Waals surface area contributed by atoms with E-state index in [1.807, 2.05) is 54.4 Å². The van der Waals surface area contributed by atoms with Crippen molar-refractivity contribution >= 4 is 34.9 Å². The second kappa shape index (κ2) is 12.0. The van der Waals surface area contributed by atoms with Crippen molar-refractivity contribution in [1.29, 1.82) is 0 Å². The fourth-order valence-corrected chi connectivity index (χ4v) is 4.10. The SMILES string of the molecule is CCCCC(COC(=O)N(Cc1ccsc1)Cc1ccsc1)NC(=O)OC(C)(C)C. The molecule has 0 bridgehead atoms. The van der Waals surface area contributed by atoms with Crippen LogP contribution in [0.1, 0.15) is 58.1 Å². The average Bonchev–Trinajstić information content (AvgIpc) is 3.35. The molecule has 30 heavy (non-hydrogen) atoms. The molecule has 8 heteroatoms. The number of ether oxygens (including phenoxy) is 2. The molecule has 0 aliphatic carbocycles. The Bertz CT molecular complexity index is 718. The van der Waals surface area contributed by atoms with E-state index in [9.17, 15) is 9.59 Å². The van der Waals surface area contributed by atoms with E-state index in [1.54, 1.807) is 27.6 Å². The standard InChI is InChI=1S/C22H32N2O4S2/c1-5-6-7-19(23-20(25)28-22(2,3)4)14-27-21(26)24(12-17-8-10-29-15-17)13-18-9-11-30-16-18/h8-11,15-16,19H,5-7,12-14H2,1-4H3,(H,23,25). The molecule has 0 saturated carbocycles. The second-order valence-corrected chi connectivity index (χ2v) is 9.74. The van der Waals surface area contributed by atoms with E-state index < -0.39 is 11.7 Å². The van der Waals surface area contributed by atoms with Crippen LogP contribution in [0.25, 0.3) is 0 Å². The molecule has 0 aromatic carbocycles. The Hall–Kier alpha value is -2.06. The number of hydrogen-bond acceptors (Lipinski definition) is 6. The number of hydrogen-bond donors (Lipinski definition) is 1. The first kappa shape index (κ1) is 24.2.